The summed E-state index contributed by atoms with van der Waals surface area (Å²) in [4.78, 5) is 16.5. The number of para-hydroxylation sites is 1. The minimum atomic E-state index is -3.58. The summed E-state index contributed by atoms with van der Waals surface area (Å²) < 4.78 is 27.6. The minimum absolute atomic E-state index is 0.289. The highest BCUT2D eigenvalue weighted by Gasteiger charge is 2.31. The molecular weight excluding hydrogens is 340 g/mol. The summed E-state index contributed by atoms with van der Waals surface area (Å²) in [6, 6.07) is 7.92. The van der Waals surface area contributed by atoms with Gasteiger partial charge in [-0.25, -0.2) is 13.4 Å². The topological polar surface area (TPSA) is 84.3 Å². The van der Waals surface area contributed by atoms with Gasteiger partial charge in [0.15, 0.2) is 0 Å². The van der Waals surface area contributed by atoms with E-state index in [-0.39, 0.29) is 5.91 Å². The highest BCUT2D eigenvalue weighted by atomic mass is 32.2. The molecule has 2 rings (SSSR count). The van der Waals surface area contributed by atoms with Crippen LogP contribution < -0.4 is 9.62 Å². The van der Waals surface area contributed by atoms with Crippen LogP contribution in [0.5, 0.6) is 0 Å². The summed E-state index contributed by atoms with van der Waals surface area (Å²) in [7, 11) is -3.58. The highest BCUT2D eigenvalue weighted by Crippen LogP contribution is 2.21. The molecule has 0 fully saturated rings. The first-order chi connectivity index (χ1) is 11.9. The first kappa shape index (κ1) is 19.0. The molecule has 136 valence electrons. The number of nitrogens with zero attached hydrogens (tertiary/aromatic N) is 3. The first-order valence-electron chi connectivity index (χ1n) is 8.21. The van der Waals surface area contributed by atoms with Gasteiger partial charge in [0.1, 0.15) is 6.04 Å². The molecule has 8 heteroatoms. The van der Waals surface area contributed by atoms with Crippen molar-refractivity contribution in [2.45, 2.75) is 32.4 Å². The number of carbonyl (C=O) groups excluding carboxylic acids is 1. The Morgan fingerprint density at radius 3 is 2.60 bits per heavy atom. The van der Waals surface area contributed by atoms with Crippen LogP contribution in [-0.4, -0.2) is 42.7 Å². The summed E-state index contributed by atoms with van der Waals surface area (Å²) in [5.41, 5.74) is 0.491. The molecule has 2 aromatic rings. The Balaban J connectivity index is 2.03. The molecule has 1 aromatic carbocycles. The van der Waals surface area contributed by atoms with Gasteiger partial charge in [-0.15, -0.1) is 0 Å². The number of aromatic nitrogens is 2. The maximum Gasteiger partial charge on any atom is 0.243 e. The summed E-state index contributed by atoms with van der Waals surface area (Å²) >= 11 is 0. The summed E-state index contributed by atoms with van der Waals surface area (Å²) in [5, 5.41) is 2.84. The molecule has 0 radical (unpaired) electrons. The molecule has 1 unspecified atom stereocenters. The fourth-order valence-electron chi connectivity index (χ4n) is 2.65. The van der Waals surface area contributed by atoms with E-state index in [0.717, 1.165) is 19.2 Å². The van der Waals surface area contributed by atoms with E-state index in [4.69, 9.17) is 0 Å². The zero-order valence-electron chi connectivity index (χ0n) is 14.5. The molecule has 0 aliphatic rings. The molecule has 25 heavy (non-hydrogen) atoms. The Morgan fingerprint density at radius 2 is 2.04 bits per heavy atom. The van der Waals surface area contributed by atoms with Crippen molar-refractivity contribution in [1.82, 2.24) is 14.9 Å². The average molecular weight is 364 g/mol. The molecule has 0 saturated heterocycles. The third kappa shape index (κ3) is 5.32. The molecule has 1 aromatic heterocycles. The van der Waals surface area contributed by atoms with Crippen LogP contribution in [0.2, 0.25) is 0 Å². The SMILES string of the molecule is CCC(C(=O)NCCCn1ccnc1)N(c1ccccc1)S(C)(=O)=O. The van der Waals surface area contributed by atoms with Crippen LogP contribution >= 0.6 is 0 Å². The molecule has 0 saturated carbocycles. The van der Waals surface area contributed by atoms with Crippen molar-refractivity contribution in [2.75, 3.05) is 17.1 Å². The summed E-state index contributed by atoms with van der Waals surface area (Å²) in [6.45, 7) is 3.02. The second-order valence-electron chi connectivity index (χ2n) is 5.76. The number of anilines is 1. The highest BCUT2D eigenvalue weighted by molar-refractivity contribution is 7.92. The van der Waals surface area contributed by atoms with Crippen molar-refractivity contribution >= 4 is 21.6 Å². The molecule has 1 N–H and O–H groups in total. The van der Waals surface area contributed by atoms with Gasteiger partial charge in [-0.1, -0.05) is 25.1 Å². The van der Waals surface area contributed by atoms with Gasteiger partial charge in [-0.05, 0) is 25.0 Å². The van der Waals surface area contributed by atoms with E-state index in [2.05, 4.69) is 10.3 Å². The number of nitrogens with one attached hydrogen (secondary N) is 1. The Kier molecular flexibility index (Phi) is 6.58. The lowest BCUT2D eigenvalue weighted by molar-refractivity contribution is -0.122. The molecule has 7 nitrogen and oxygen atoms in total. The molecule has 0 aliphatic carbocycles. The normalized spacial score (nSPS) is 12.6. The van der Waals surface area contributed by atoms with E-state index in [1.54, 1.807) is 49.8 Å². The molecule has 1 amide bonds. The molecule has 0 aliphatic heterocycles. The van der Waals surface area contributed by atoms with Gasteiger partial charge in [0.2, 0.25) is 15.9 Å². The largest absolute Gasteiger partial charge is 0.354 e. The van der Waals surface area contributed by atoms with E-state index in [0.29, 0.717) is 18.7 Å². The van der Waals surface area contributed by atoms with E-state index in [1.807, 2.05) is 10.8 Å². The van der Waals surface area contributed by atoms with Gasteiger partial charge in [0.25, 0.3) is 0 Å². The second kappa shape index (κ2) is 8.66. The van der Waals surface area contributed by atoms with Gasteiger partial charge in [-0.2, -0.15) is 0 Å². The minimum Gasteiger partial charge on any atom is -0.354 e. The standard InChI is InChI=1S/C17H24N4O3S/c1-3-16(17(22)19-10-7-12-20-13-11-18-14-20)21(25(2,23)24)15-8-5-4-6-9-15/h4-6,8-9,11,13-14,16H,3,7,10,12H2,1-2H3,(H,19,22). The molecular formula is C17H24N4O3S. The number of benzene rings is 1. The van der Waals surface area contributed by atoms with Crippen molar-refractivity contribution in [3.63, 3.8) is 0 Å². The van der Waals surface area contributed by atoms with E-state index >= 15 is 0 Å². The van der Waals surface area contributed by atoms with Crippen molar-refractivity contribution in [3.8, 4) is 0 Å². The quantitative estimate of drug-likeness (QED) is 0.686. The third-order valence-electron chi connectivity index (χ3n) is 3.79. The number of sulfonamides is 1. The Bertz CT molecular complexity index is 760. The van der Waals surface area contributed by atoms with Crippen molar-refractivity contribution < 1.29 is 13.2 Å². The zero-order valence-corrected chi connectivity index (χ0v) is 15.3. The zero-order chi connectivity index (χ0) is 18.3. The lowest BCUT2D eigenvalue weighted by atomic mass is 10.2. The maximum atomic E-state index is 12.6. The van der Waals surface area contributed by atoms with Crippen molar-refractivity contribution in [1.29, 1.82) is 0 Å². The van der Waals surface area contributed by atoms with Gasteiger partial charge >= 0.3 is 0 Å². The van der Waals surface area contributed by atoms with Crippen LogP contribution in [0.15, 0.2) is 49.1 Å². The Hall–Kier alpha value is -2.35. The predicted molar refractivity (Wildman–Crippen MR) is 97.7 cm³/mol. The van der Waals surface area contributed by atoms with Gasteiger partial charge in [0.05, 0.1) is 18.3 Å². The number of amides is 1. The molecule has 1 heterocycles. The van der Waals surface area contributed by atoms with Crippen molar-refractivity contribution in [2.24, 2.45) is 0 Å². The fraction of sp³-hybridized carbons (Fsp3) is 0.412. The Morgan fingerprint density at radius 1 is 1.32 bits per heavy atom. The molecule has 0 spiro atoms. The average Bonchev–Trinajstić information content (AvgIpc) is 3.09. The van der Waals surface area contributed by atoms with Crippen LogP contribution in [0.1, 0.15) is 19.8 Å². The number of imidazole rings is 1. The number of carbonyl (C=O) groups is 1. The lowest BCUT2D eigenvalue weighted by Crippen LogP contribution is -2.49. The maximum absolute atomic E-state index is 12.6. The van der Waals surface area contributed by atoms with E-state index in [9.17, 15) is 13.2 Å². The second-order valence-corrected chi connectivity index (χ2v) is 7.62. The predicted octanol–water partition coefficient (Wildman–Crippen LogP) is 1.63. The van der Waals surface area contributed by atoms with Gasteiger partial charge in [-0.3, -0.25) is 9.10 Å². The Labute approximate surface area is 148 Å². The van der Waals surface area contributed by atoms with Gasteiger partial charge < -0.3 is 9.88 Å². The smallest absolute Gasteiger partial charge is 0.243 e. The van der Waals surface area contributed by atoms with Crippen LogP contribution in [0.3, 0.4) is 0 Å². The number of aryl methyl sites for hydroxylation is 1. The molecule has 0 bridgehead atoms. The third-order valence-corrected chi connectivity index (χ3v) is 4.97. The van der Waals surface area contributed by atoms with Crippen LogP contribution in [0.25, 0.3) is 0 Å². The van der Waals surface area contributed by atoms with Crippen LogP contribution in [-0.2, 0) is 21.4 Å². The van der Waals surface area contributed by atoms with E-state index < -0.39 is 16.1 Å². The van der Waals surface area contributed by atoms with E-state index in [1.165, 1.54) is 4.31 Å². The van der Waals surface area contributed by atoms with Crippen LogP contribution in [0, 0.1) is 0 Å². The first-order valence-corrected chi connectivity index (χ1v) is 10.1. The number of hydrogen-bond acceptors (Lipinski definition) is 4. The van der Waals surface area contributed by atoms with Gasteiger partial charge in [0, 0.05) is 25.5 Å². The lowest BCUT2D eigenvalue weighted by Gasteiger charge is -2.30. The summed E-state index contributed by atoms with van der Waals surface area (Å²) in [5.74, 6) is -0.289. The monoisotopic (exact) mass is 364 g/mol. The fourth-order valence-corrected chi connectivity index (χ4v) is 3.86. The number of rotatable bonds is 9. The van der Waals surface area contributed by atoms with Crippen LogP contribution in [0.4, 0.5) is 5.69 Å². The summed E-state index contributed by atoms with van der Waals surface area (Å²) in [6.07, 6.45) is 7.53. The number of hydrogen-bond donors (Lipinski definition) is 1. The molecule has 1 atom stereocenters. The van der Waals surface area contributed by atoms with Crippen molar-refractivity contribution in [3.05, 3.63) is 49.1 Å².